The van der Waals surface area contributed by atoms with Gasteiger partial charge in [0.2, 0.25) is 11.8 Å². The monoisotopic (exact) mass is 341 g/mol. The quantitative estimate of drug-likeness (QED) is 0.851. The first-order chi connectivity index (χ1) is 10.7. The molecule has 22 heavy (non-hydrogen) atoms. The largest absolute Gasteiger partial charge is 0.424 e. The van der Waals surface area contributed by atoms with Gasteiger partial charge in [0.1, 0.15) is 0 Å². The Morgan fingerprint density at radius 1 is 1.23 bits per heavy atom. The van der Waals surface area contributed by atoms with Gasteiger partial charge in [0.05, 0.1) is 29.3 Å². The number of morpholine rings is 1. The highest BCUT2D eigenvalue weighted by Crippen LogP contribution is 2.29. The zero-order valence-electron chi connectivity index (χ0n) is 12.3. The zero-order chi connectivity index (χ0) is 15.5. The van der Waals surface area contributed by atoms with E-state index >= 15 is 0 Å². The molecule has 0 saturated carbocycles. The molecule has 118 valence electrons. The van der Waals surface area contributed by atoms with Gasteiger partial charge in [-0.2, -0.15) is 0 Å². The van der Waals surface area contributed by atoms with Gasteiger partial charge < -0.3 is 9.15 Å². The highest BCUT2D eigenvalue weighted by Gasteiger charge is 2.24. The second kappa shape index (κ2) is 6.96. The van der Waals surface area contributed by atoms with E-state index in [1.54, 1.807) is 6.07 Å². The summed E-state index contributed by atoms with van der Waals surface area (Å²) in [5.41, 5.74) is 1.03. The van der Waals surface area contributed by atoms with Crippen LogP contribution in [0.15, 0.2) is 22.6 Å². The number of hydrogen-bond acceptors (Lipinski definition) is 5. The van der Waals surface area contributed by atoms with Crippen LogP contribution in [0, 0.1) is 0 Å². The lowest BCUT2D eigenvalue weighted by Gasteiger charge is -2.32. The Labute approximate surface area is 139 Å². The lowest BCUT2D eigenvalue weighted by atomic mass is 10.1. The van der Waals surface area contributed by atoms with Crippen LogP contribution in [0.1, 0.15) is 30.4 Å². The third-order valence-corrected chi connectivity index (χ3v) is 4.38. The minimum Gasteiger partial charge on any atom is -0.424 e. The molecule has 1 saturated heterocycles. The van der Waals surface area contributed by atoms with Gasteiger partial charge in [-0.15, -0.1) is 10.2 Å². The van der Waals surface area contributed by atoms with Crippen LogP contribution < -0.4 is 0 Å². The molecule has 2 heterocycles. The zero-order valence-corrected chi connectivity index (χ0v) is 13.8. The lowest BCUT2D eigenvalue weighted by molar-refractivity contribution is -0.0352. The Balaban J connectivity index is 1.67. The molecule has 0 radical (unpaired) electrons. The summed E-state index contributed by atoms with van der Waals surface area (Å²) in [6.45, 7) is 4.86. The first kappa shape index (κ1) is 15.7. The van der Waals surface area contributed by atoms with Crippen LogP contribution >= 0.6 is 23.2 Å². The van der Waals surface area contributed by atoms with Crippen molar-refractivity contribution >= 4 is 23.2 Å². The number of aromatic nitrogens is 2. The van der Waals surface area contributed by atoms with Crippen molar-refractivity contribution in [3.05, 3.63) is 45.6 Å². The number of aryl methyl sites for hydroxylation is 1. The summed E-state index contributed by atoms with van der Waals surface area (Å²) >= 11 is 12.0. The van der Waals surface area contributed by atoms with Gasteiger partial charge >= 0.3 is 0 Å². The molecule has 1 atom stereocenters. The number of ether oxygens (including phenoxy) is 1. The predicted octanol–water partition coefficient (Wildman–Crippen LogP) is 3.51. The van der Waals surface area contributed by atoms with Crippen LogP contribution in [0.4, 0.5) is 0 Å². The van der Waals surface area contributed by atoms with E-state index in [0.29, 0.717) is 35.0 Å². The van der Waals surface area contributed by atoms with Crippen LogP contribution in [-0.4, -0.2) is 34.8 Å². The summed E-state index contributed by atoms with van der Waals surface area (Å²) in [6.07, 6.45) is 0.722. The standard InChI is InChI=1S/C15H17Cl2N3O2/c1-2-14-18-19-15(22-14)9-20-5-6-21-13(8-20)10-3-4-11(16)12(17)7-10/h3-4,7,13H,2,5-6,8-9H2,1H3/t13-/m0/s1. The van der Waals surface area contributed by atoms with Gasteiger partial charge in [0, 0.05) is 19.5 Å². The third-order valence-electron chi connectivity index (χ3n) is 3.64. The molecule has 7 heteroatoms. The molecule has 1 aromatic carbocycles. The summed E-state index contributed by atoms with van der Waals surface area (Å²) in [5.74, 6) is 1.32. The van der Waals surface area contributed by atoms with E-state index in [2.05, 4.69) is 15.1 Å². The Kier molecular flexibility index (Phi) is 4.98. The molecule has 0 aliphatic carbocycles. The Bertz CT molecular complexity index is 647. The summed E-state index contributed by atoms with van der Waals surface area (Å²) in [6, 6.07) is 5.61. The van der Waals surface area contributed by atoms with Crippen molar-refractivity contribution in [2.45, 2.75) is 26.0 Å². The van der Waals surface area contributed by atoms with Crippen molar-refractivity contribution in [2.75, 3.05) is 19.7 Å². The normalized spacial score (nSPS) is 19.5. The van der Waals surface area contributed by atoms with Crippen LogP contribution in [0.2, 0.25) is 10.0 Å². The van der Waals surface area contributed by atoms with Crippen molar-refractivity contribution in [1.29, 1.82) is 0 Å². The molecule has 5 nitrogen and oxygen atoms in total. The van der Waals surface area contributed by atoms with Gasteiger partial charge in [-0.05, 0) is 17.7 Å². The van der Waals surface area contributed by atoms with Crippen molar-refractivity contribution < 1.29 is 9.15 Å². The molecule has 0 bridgehead atoms. The Morgan fingerprint density at radius 3 is 2.77 bits per heavy atom. The predicted molar refractivity (Wildman–Crippen MR) is 84.1 cm³/mol. The maximum absolute atomic E-state index is 6.08. The van der Waals surface area contributed by atoms with E-state index in [1.165, 1.54) is 0 Å². The number of benzene rings is 1. The fourth-order valence-electron chi connectivity index (χ4n) is 2.45. The van der Waals surface area contributed by atoms with Crippen LogP contribution in [0.25, 0.3) is 0 Å². The minimum absolute atomic E-state index is 0.0305. The van der Waals surface area contributed by atoms with E-state index in [0.717, 1.165) is 25.1 Å². The van der Waals surface area contributed by atoms with Gasteiger partial charge in [-0.3, -0.25) is 4.90 Å². The minimum atomic E-state index is -0.0305. The Hall–Kier alpha value is -1.14. The SMILES string of the molecule is CCc1nnc(CN2CCO[C@H](c3ccc(Cl)c(Cl)c3)C2)o1. The van der Waals surface area contributed by atoms with Crippen LogP contribution in [0.5, 0.6) is 0 Å². The maximum atomic E-state index is 6.08. The highest BCUT2D eigenvalue weighted by atomic mass is 35.5. The van der Waals surface area contributed by atoms with E-state index in [-0.39, 0.29) is 6.10 Å². The second-order valence-corrected chi connectivity index (χ2v) is 6.03. The Morgan fingerprint density at radius 2 is 2.05 bits per heavy atom. The number of rotatable bonds is 4. The molecule has 1 fully saturated rings. The lowest BCUT2D eigenvalue weighted by Crippen LogP contribution is -2.37. The second-order valence-electron chi connectivity index (χ2n) is 5.21. The third kappa shape index (κ3) is 3.60. The van der Waals surface area contributed by atoms with Gasteiger partial charge in [-0.25, -0.2) is 0 Å². The van der Waals surface area contributed by atoms with Crippen molar-refractivity contribution in [3.8, 4) is 0 Å². The average molecular weight is 342 g/mol. The fourth-order valence-corrected chi connectivity index (χ4v) is 2.75. The molecule has 3 rings (SSSR count). The smallest absolute Gasteiger partial charge is 0.230 e. The first-order valence-corrected chi connectivity index (χ1v) is 8.01. The van der Waals surface area contributed by atoms with Crippen molar-refractivity contribution in [2.24, 2.45) is 0 Å². The van der Waals surface area contributed by atoms with E-state index < -0.39 is 0 Å². The fraction of sp³-hybridized carbons (Fsp3) is 0.467. The van der Waals surface area contributed by atoms with Gasteiger partial charge in [0.15, 0.2) is 0 Å². The van der Waals surface area contributed by atoms with Crippen LogP contribution in [0.3, 0.4) is 0 Å². The molecule has 1 aliphatic rings. The molecule has 1 aromatic heterocycles. The van der Waals surface area contributed by atoms with Crippen molar-refractivity contribution in [1.82, 2.24) is 15.1 Å². The molecule has 0 unspecified atom stereocenters. The van der Waals surface area contributed by atoms with E-state index in [9.17, 15) is 0 Å². The van der Waals surface area contributed by atoms with Gasteiger partial charge in [-0.1, -0.05) is 36.2 Å². The van der Waals surface area contributed by atoms with Gasteiger partial charge in [0.25, 0.3) is 0 Å². The van der Waals surface area contributed by atoms with Crippen molar-refractivity contribution in [3.63, 3.8) is 0 Å². The number of nitrogens with zero attached hydrogens (tertiary/aromatic N) is 3. The maximum Gasteiger partial charge on any atom is 0.230 e. The van der Waals surface area contributed by atoms with E-state index in [4.69, 9.17) is 32.4 Å². The molecule has 0 amide bonds. The molecule has 2 aromatic rings. The number of hydrogen-bond donors (Lipinski definition) is 0. The molecular weight excluding hydrogens is 325 g/mol. The molecule has 1 aliphatic heterocycles. The highest BCUT2D eigenvalue weighted by molar-refractivity contribution is 6.42. The first-order valence-electron chi connectivity index (χ1n) is 7.26. The average Bonchev–Trinajstić information content (AvgIpc) is 2.98. The topological polar surface area (TPSA) is 51.4 Å². The summed E-state index contributed by atoms with van der Waals surface area (Å²) < 4.78 is 11.4. The molecule has 0 N–H and O–H groups in total. The summed E-state index contributed by atoms with van der Waals surface area (Å²) in [4.78, 5) is 2.24. The van der Waals surface area contributed by atoms with Crippen LogP contribution in [-0.2, 0) is 17.7 Å². The molecular formula is C15H17Cl2N3O2. The molecule has 0 spiro atoms. The summed E-state index contributed by atoms with van der Waals surface area (Å²) in [7, 11) is 0. The summed E-state index contributed by atoms with van der Waals surface area (Å²) in [5, 5.41) is 9.16. The van der Waals surface area contributed by atoms with E-state index in [1.807, 2.05) is 19.1 Å². The number of halogens is 2.